The Labute approximate surface area is 42.3 Å². The van der Waals surface area contributed by atoms with Gasteiger partial charge in [0, 0.05) is 0 Å². The van der Waals surface area contributed by atoms with Gasteiger partial charge in [-0.3, -0.25) is 0 Å². The molecule has 0 radical (unpaired) electrons. The average Bonchev–Trinajstić information content (AvgIpc) is 1.65. The van der Waals surface area contributed by atoms with Gasteiger partial charge in [-0.2, -0.15) is 0 Å². The van der Waals surface area contributed by atoms with E-state index in [0.29, 0.717) is 0 Å². The molecular formula is C4H7NS. The molecule has 34 valence electrons. The van der Waals surface area contributed by atoms with Crippen LogP contribution >= 0.6 is 11.8 Å². The van der Waals surface area contributed by atoms with Gasteiger partial charge >= 0.3 is 0 Å². The molecule has 0 aliphatic heterocycles. The summed E-state index contributed by atoms with van der Waals surface area (Å²) in [6.07, 6.45) is 6.77. The fourth-order valence-electron chi connectivity index (χ4n) is 0.0680. The van der Waals surface area contributed by atoms with E-state index < -0.39 is 0 Å². The van der Waals surface area contributed by atoms with Crippen molar-refractivity contribution in [3.8, 4) is 12.3 Å². The lowest BCUT2D eigenvalue weighted by Crippen LogP contribution is -2.10. The van der Waals surface area contributed by atoms with Crippen molar-refractivity contribution in [3.05, 3.63) is 0 Å². The van der Waals surface area contributed by atoms with Crippen LogP contribution in [0.5, 0.6) is 0 Å². The summed E-state index contributed by atoms with van der Waals surface area (Å²) in [5.41, 5.74) is 5.20. The van der Waals surface area contributed by atoms with Gasteiger partial charge < -0.3 is 5.73 Å². The molecule has 0 aliphatic rings. The van der Waals surface area contributed by atoms with Crippen molar-refractivity contribution in [1.82, 2.24) is 0 Å². The SMILES string of the molecule is C#CC(N)SC. The highest BCUT2D eigenvalue weighted by molar-refractivity contribution is 7.99. The quantitative estimate of drug-likeness (QED) is 0.379. The number of hydrogen-bond donors (Lipinski definition) is 1. The highest BCUT2D eigenvalue weighted by Gasteiger charge is 1.85. The molecule has 0 aromatic heterocycles. The summed E-state index contributed by atoms with van der Waals surface area (Å²) >= 11 is 1.47. The standard InChI is InChI=1S/C4H7NS/c1-3-4(5)6-2/h1,4H,5H2,2H3. The van der Waals surface area contributed by atoms with E-state index in [2.05, 4.69) is 5.92 Å². The van der Waals surface area contributed by atoms with Gasteiger partial charge in [-0.15, -0.1) is 18.2 Å². The van der Waals surface area contributed by atoms with Crippen molar-refractivity contribution in [3.63, 3.8) is 0 Å². The van der Waals surface area contributed by atoms with Gasteiger partial charge in [0.1, 0.15) is 5.37 Å². The molecule has 0 aromatic rings. The third-order valence-electron chi connectivity index (χ3n) is 0.418. The first-order valence-corrected chi connectivity index (χ1v) is 2.84. The maximum Gasteiger partial charge on any atom is 0.113 e. The molecule has 0 amide bonds. The third kappa shape index (κ3) is 2.13. The highest BCUT2D eigenvalue weighted by atomic mass is 32.2. The minimum absolute atomic E-state index is 0.120. The largest absolute Gasteiger partial charge is 0.309 e. The van der Waals surface area contributed by atoms with Crippen molar-refractivity contribution in [2.24, 2.45) is 5.73 Å². The van der Waals surface area contributed by atoms with Crippen LogP contribution in [0.4, 0.5) is 0 Å². The highest BCUT2D eigenvalue weighted by Crippen LogP contribution is 1.93. The molecule has 0 rings (SSSR count). The second kappa shape index (κ2) is 3.08. The first-order chi connectivity index (χ1) is 2.81. The normalized spacial score (nSPS) is 12.8. The summed E-state index contributed by atoms with van der Waals surface area (Å²) in [6, 6.07) is 0. The summed E-state index contributed by atoms with van der Waals surface area (Å²) in [7, 11) is 0. The van der Waals surface area contributed by atoms with Crippen molar-refractivity contribution < 1.29 is 0 Å². The number of thioether (sulfide) groups is 1. The Morgan fingerprint density at radius 1 is 2.00 bits per heavy atom. The van der Waals surface area contributed by atoms with Crippen LogP contribution < -0.4 is 5.73 Å². The van der Waals surface area contributed by atoms with Gasteiger partial charge in [0.05, 0.1) is 0 Å². The molecule has 0 bridgehead atoms. The van der Waals surface area contributed by atoms with Crippen LogP contribution in [-0.4, -0.2) is 11.6 Å². The minimum atomic E-state index is -0.120. The van der Waals surface area contributed by atoms with Crippen LogP contribution in [-0.2, 0) is 0 Å². The zero-order valence-corrected chi connectivity index (χ0v) is 4.46. The van der Waals surface area contributed by atoms with Gasteiger partial charge in [-0.25, -0.2) is 0 Å². The maximum absolute atomic E-state index is 5.20. The van der Waals surface area contributed by atoms with Crippen LogP contribution in [0.1, 0.15) is 0 Å². The summed E-state index contributed by atoms with van der Waals surface area (Å²) in [5.74, 6) is 2.36. The molecule has 0 heterocycles. The molecule has 0 saturated carbocycles. The lowest BCUT2D eigenvalue weighted by Gasteiger charge is -1.91. The fourth-order valence-corrected chi connectivity index (χ4v) is 0.204. The van der Waals surface area contributed by atoms with Crippen LogP contribution in [0, 0.1) is 12.3 Å². The first kappa shape index (κ1) is 5.87. The van der Waals surface area contributed by atoms with Crippen LogP contribution in [0.3, 0.4) is 0 Å². The molecule has 0 saturated heterocycles. The molecule has 0 aliphatic carbocycles. The predicted molar refractivity (Wildman–Crippen MR) is 30.3 cm³/mol. The van der Waals surface area contributed by atoms with E-state index in [1.807, 2.05) is 6.26 Å². The van der Waals surface area contributed by atoms with E-state index >= 15 is 0 Å². The van der Waals surface area contributed by atoms with E-state index in [4.69, 9.17) is 12.2 Å². The topological polar surface area (TPSA) is 26.0 Å². The number of terminal acetylenes is 1. The Hall–Kier alpha value is -0.130. The van der Waals surface area contributed by atoms with Crippen LogP contribution in [0.15, 0.2) is 0 Å². The average molecular weight is 101 g/mol. The lowest BCUT2D eigenvalue weighted by atomic mass is 10.7. The molecule has 0 fully saturated rings. The fraction of sp³-hybridized carbons (Fsp3) is 0.500. The Balaban J connectivity index is 3.04. The lowest BCUT2D eigenvalue weighted by molar-refractivity contribution is 1.21. The first-order valence-electron chi connectivity index (χ1n) is 1.55. The molecule has 2 N–H and O–H groups in total. The van der Waals surface area contributed by atoms with Gasteiger partial charge in [0.25, 0.3) is 0 Å². The Kier molecular flexibility index (Phi) is 3.01. The zero-order valence-electron chi connectivity index (χ0n) is 3.64. The molecule has 6 heavy (non-hydrogen) atoms. The summed E-state index contributed by atoms with van der Waals surface area (Å²) in [6.45, 7) is 0. The van der Waals surface area contributed by atoms with E-state index in [1.54, 1.807) is 0 Å². The van der Waals surface area contributed by atoms with E-state index in [1.165, 1.54) is 11.8 Å². The van der Waals surface area contributed by atoms with Gasteiger partial charge in [0.15, 0.2) is 0 Å². The Morgan fingerprint density at radius 3 is 2.50 bits per heavy atom. The van der Waals surface area contributed by atoms with Crippen LogP contribution in [0.25, 0.3) is 0 Å². The van der Waals surface area contributed by atoms with E-state index in [9.17, 15) is 0 Å². The van der Waals surface area contributed by atoms with Crippen LogP contribution in [0.2, 0.25) is 0 Å². The monoisotopic (exact) mass is 101 g/mol. The second-order valence-electron chi connectivity index (χ2n) is 0.823. The Bertz CT molecular complexity index is 64.4. The summed E-state index contributed by atoms with van der Waals surface area (Å²) < 4.78 is 0. The predicted octanol–water partition coefficient (Wildman–Crippen LogP) is 0.267. The number of hydrogen-bond acceptors (Lipinski definition) is 2. The number of rotatable bonds is 1. The third-order valence-corrected chi connectivity index (χ3v) is 1.06. The van der Waals surface area contributed by atoms with Crippen molar-refractivity contribution in [2.75, 3.05) is 6.26 Å². The smallest absolute Gasteiger partial charge is 0.113 e. The maximum atomic E-state index is 5.20. The molecule has 1 nitrogen and oxygen atoms in total. The molecule has 2 heteroatoms. The molecule has 0 aromatic carbocycles. The van der Waals surface area contributed by atoms with Gasteiger partial charge in [-0.1, -0.05) is 5.92 Å². The van der Waals surface area contributed by atoms with Crippen molar-refractivity contribution in [1.29, 1.82) is 0 Å². The van der Waals surface area contributed by atoms with Gasteiger partial charge in [0.2, 0.25) is 0 Å². The van der Waals surface area contributed by atoms with Gasteiger partial charge in [-0.05, 0) is 6.26 Å². The molecule has 1 unspecified atom stereocenters. The molecule has 1 atom stereocenters. The van der Waals surface area contributed by atoms with Crippen molar-refractivity contribution >= 4 is 11.8 Å². The summed E-state index contributed by atoms with van der Waals surface area (Å²) in [4.78, 5) is 0. The molecule has 0 spiro atoms. The zero-order chi connectivity index (χ0) is 4.99. The second-order valence-corrected chi connectivity index (χ2v) is 1.80. The number of nitrogens with two attached hydrogens (primary N) is 1. The summed E-state index contributed by atoms with van der Waals surface area (Å²) in [5, 5.41) is -0.120. The molecular weight excluding hydrogens is 94.1 g/mol. The van der Waals surface area contributed by atoms with E-state index in [0.717, 1.165) is 0 Å². The Morgan fingerprint density at radius 2 is 2.50 bits per heavy atom. The minimum Gasteiger partial charge on any atom is -0.309 e. The van der Waals surface area contributed by atoms with Crippen molar-refractivity contribution in [2.45, 2.75) is 5.37 Å². The van der Waals surface area contributed by atoms with E-state index in [-0.39, 0.29) is 5.37 Å².